The van der Waals surface area contributed by atoms with Crippen LogP contribution < -0.4 is 16.0 Å². The van der Waals surface area contributed by atoms with Gasteiger partial charge in [-0.1, -0.05) is 12.1 Å². The van der Waals surface area contributed by atoms with E-state index in [1.165, 1.54) is 6.07 Å². The standard InChI is InChI=1S/C49H54F3N7O6/c1-47(2,65)34-20-30-25-53-37(21-29(30)22-38(34)56-43(61)36-8-5-9-40(55-36)49(50,51)52)28-12-10-27(11-13-28)26-58(3)32-16-18-48(19-17-32)23-31(24-48)54-35-7-4-6-33-42(35)46(64)59(45(33)63)39-14-15-41(60)57-44(39)62/h4-9,20-22,25,27-28,31-32,39,54,65H,10-19,23-24,26H2,1-3H3,(H,56,61)(H,57,60,62)/t27-,28-,31?,32?,39?,48?. The van der Waals surface area contributed by atoms with E-state index in [0.29, 0.717) is 28.8 Å². The molecule has 1 unspecified atom stereocenters. The van der Waals surface area contributed by atoms with Crippen LogP contribution in [0.3, 0.4) is 0 Å². The summed E-state index contributed by atoms with van der Waals surface area (Å²) >= 11 is 0. The van der Waals surface area contributed by atoms with Crippen LogP contribution in [-0.4, -0.2) is 86.1 Å². The summed E-state index contributed by atoms with van der Waals surface area (Å²) in [4.78, 5) is 76.3. The predicted molar refractivity (Wildman–Crippen MR) is 236 cm³/mol. The van der Waals surface area contributed by atoms with Crippen LogP contribution in [-0.2, 0) is 21.4 Å². The van der Waals surface area contributed by atoms with Crippen molar-refractivity contribution in [3.63, 3.8) is 0 Å². The maximum atomic E-state index is 13.6. The first-order valence-electron chi connectivity index (χ1n) is 22.7. The van der Waals surface area contributed by atoms with Crippen LogP contribution in [0.5, 0.6) is 0 Å². The third-order valence-electron chi connectivity index (χ3n) is 14.7. The predicted octanol–water partition coefficient (Wildman–Crippen LogP) is 7.94. The molecule has 1 atom stereocenters. The number of nitrogens with zero attached hydrogens (tertiary/aromatic N) is 4. The summed E-state index contributed by atoms with van der Waals surface area (Å²) in [6.07, 6.45) is 7.92. The monoisotopic (exact) mass is 893 g/mol. The molecule has 4 aromatic rings. The SMILES string of the molecule is CN(C[C@H]1CC[C@H](c2cc3cc(NC(=O)c4cccc(C(F)(F)F)n4)c(C(C)(C)O)cc3cn2)CC1)C1CCC2(CC1)CC(Nc1cccc3c1C(=O)N(C1CCC(=O)NC1=O)C3=O)C2. The Morgan fingerprint density at radius 1 is 0.908 bits per heavy atom. The Hall–Kier alpha value is -5.74. The lowest BCUT2D eigenvalue weighted by Gasteiger charge is -2.53. The van der Waals surface area contributed by atoms with Gasteiger partial charge in [-0.15, -0.1) is 0 Å². The number of pyridine rings is 2. The highest BCUT2D eigenvalue weighted by Crippen LogP contribution is 2.53. The van der Waals surface area contributed by atoms with E-state index in [9.17, 15) is 42.3 Å². The van der Waals surface area contributed by atoms with Crippen molar-refractivity contribution in [2.45, 2.75) is 127 Å². The number of alkyl halides is 3. The minimum atomic E-state index is -4.70. The molecule has 2 aromatic carbocycles. The van der Waals surface area contributed by atoms with Crippen molar-refractivity contribution in [2.75, 3.05) is 24.2 Å². The molecule has 4 fully saturated rings. The first-order chi connectivity index (χ1) is 30.9. The maximum Gasteiger partial charge on any atom is 0.433 e. The van der Waals surface area contributed by atoms with E-state index >= 15 is 0 Å². The molecule has 3 saturated carbocycles. The number of rotatable bonds is 10. The topological polar surface area (TPSA) is 174 Å². The second kappa shape index (κ2) is 16.9. The third kappa shape index (κ3) is 8.86. The average molecular weight is 894 g/mol. The number of amides is 5. The first-order valence-corrected chi connectivity index (χ1v) is 22.7. The largest absolute Gasteiger partial charge is 0.433 e. The highest BCUT2D eigenvalue weighted by atomic mass is 19.4. The van der Waals surface area contributed by atoms with Gasteiger partial charge in [0.25, 0.3) is 17.7 Å². The summed E-state index contributed by atoms with van der Waals surface area (Å²) in [7, 11) is 2.25. The Bertz CT molecular complexity index is 2570. The number of anilines is 2. The van der Waals surface area contributed by atoms with Crippen molar-refractivity contribution >= 4 is 51.7 Å². The normalized spacial score (nSPS) is 26.0. The van der Waals surface area contributed by atoms with Crippen LogP contribution in [0.1, 0.15) is 145 Å². The molecule has 16 heteroatoms. The molecule has 3 aliphatic carbocycles. The quantitative estimate of drug-likeness (QED) is 0.115. The van der Waals surface area contributed by atoms with Gasteiger partial charge in [0.2, 0.25) is 11.8 Å². The molecule has 0 radical (unpaired) electrons. The summed E-state index contributed by atoms with van der Waals surface area (Å²) in [5.74, 6) is -2.01. The van der Waals surface area contributed by atoms with Crippen LogP contribution in [0.2, 0.25) is 0 Å². The summed E-state index contributed by atoms with van der Waals surface area (Å²) < 4.78 is 40.0. The van der Waals surface area contributed by atoms with E-state index in [1.54, 1.807) is 44.3 Å². The molecule has 5 amide bonds. The number of carbonyl (C=O) groups excluding carboxylic acids is 5. The molecule has 2 aromatic heterocycles. The molecule has 4 heterocycles. The number of aliphatic hydroxyl groups is 1. The van der Waals surface area contributed by atoms with Crippen molar-refractivity contribution < 1.29 is 42.3 Å². The summed E-state index contributed by atoms with van der Waals surface area (Å²) in [5.41, 5.74) is 0.178. The Morgan fingerprint density at radius 2 is 1.63 bits per heavy atom. The van der Waals surface area contributed by atoms with Gasteiger partial charge in [0.05, 0.1) is 16.7 Å². The van der Waals surface area contributed by atoms with Gasteiger partial charge in [0.1, 0.15) is 17.4 Å². The number of nitrogens with one attached hydrogen (secondary N) is 3. The number of hydrogen-bond acceptors (Lipinski definition) is 10. The van der Waals surface area contributed by atoms with Gasteiger partial charge in [-0.05, 0) is 151 Å². The van der Waals surface area contributed by atoms with Crippen LogP contribution in [0, 0.1) is 11.3 Å². The summed E-state index contributed by atoms with van der Waals surface area (Å²) in [6, 6.07) is 13.6. The number of benzene rings is 2. The molecule has 0 bridgehead atoms. The highest BCUT2D eigenvalue weighted by Gasteiger charge is 2.49. The second-order valence-electron chi connectivity index (χ2n) is 19.6. The number of fused-ring (bicyclic) bond motifs is 2. The van der Waals surface area contributed by atoms with Crippen molar-refractivity contribution in [1.82, 2.24) is 25.1 Å². The van der Waals surface area contributed by atoms with Gasteiger partial charge >= 0.3 is 6.18 Å². The van der Waals surface area contributed by atoms with Crippen LogP contribution >= 0.6 is 0 Å². The molecule has 9 rings (SSSR count). The fourth-order valence-corrected chi connectivity index (χ4v) is 11.2. The summed E-state index contributed by atoms with van der Waals surface area (Å²) in [5, 5.41) is 21.1. The Morgan fingerprint density at radius 3 is 2.32 bits per heavy atom. The zero-order valence-corrected chi connectivity index (χ0v) is 36.8. The first kappa shape index (κ1) is 44.5. The third-order valence-corrected chi connectivity index (χ3v) is 14.7. The molecular weight excluding hydrogens is 840 g/mol. The van der Waals surface area contributed by atoms with E-state index < -0.39 is 53.0 Å². The van der Waals surface area contributed by atoms with Crippen molar-refractivity contribution in [3.8, 4) is 0 Å². The Labute approximate surface area is 374 Å². The zero-order chi connectivity index (χ0) is 46.0. The summed E-state index contributed by atoms with van der Waals surface area (Å²) in [6.45, 7) is 4.19. The average Bonchev–Trinajstić information content (AvgIpc) is 3.51. The van der Waals surface area contributed by atoms with Gasteiger partial charge in [-0.3, -0.25) is 39.2 Å². The lowest BCUT2D eigenvalue weighted by atomic mass is 9.57. The molecule has 1 spiro atoms. The number of halogens is 3. The molecule has 2 aliphatic heterocycles. The van der Waals surface area contributed by atoms with E-state index in [1.807, 2.05) is 12.1 Å². The van der Waals surface area contributed by atoms with E-state index in [2.05, 4.69) is 32.9 Å². The Kier molecular flexibility index (Phi) is 11.6. The van der Waals surface area contributed by atoms with Gasteiger partial charge < -0.3 is 20.6 Å². The fourth-order valence-electron chi connectivity index (χ4n) is 11.2. The second-order valence-corrected chi connectivity index (χ2v) is 19.6. The number of aromatic nitrogens is 2. The molecule has 5 aliphatic rings. The fraction of sp³-hybridized carbons (Fsp3) is 0.490. The van der Waals surface area contributed by atoms with E-state index in [0.717, 1.165) is 104 Å². The van der Waals surface area contributed by atoms with Crippen molar-refractivity contribution in [2.24, 2.45) is 11.3 Å². The number of hydrogen-bond donors (Lipinski definition) is 4. The number of imide groups is 2. The molecule has 342 valence electrons. The van der Waals surface area contributed by atoms with Gasteiger partial charge in [0, 0.05) is 65.2 Å². The van der Waals surface area contributed by atoms with Crippen molar-refractivity contribution in [3.05, 3.63) is 94.6 Å². The van der Waals surface area contributed by atoms with Crippen LogP contribution in [0.4, 0.5) is 24.5 Å². The maximum absolute atomic E-state index is 13.6. The van der Waals surface area contributed by atoms with Crippen LogP contribution in [0.25, 0.3) is 10.8 Å². The smallest absolute Gasteiger partial charge is 0.386 e. The van der Waals surface area contributed by atoms with Gasteiger partial charge in [-0.2, -0.15) is 13.2 Å². The molecule has 13 nitrogen and oxygen atoms in total. The molecular formula is C49H54F3N7O6. The lowest BCUT2D eigenvalue weighted by molar-refractivity contribution is -0.141. The zero-order valence-electron chi connectivity index (χ0n) is 36.8. The molecule has 1 saturated heterocycles. The van der Waals surface area contributed by atoms with Gasteiger partial charge in [0.15, 0.2) is 0 Å². The van der Waals surface area contributed by atoms with E-state index in [4.69, 9.17) is 4.98 Å². The van der Waals surface area contributed by atoms with Crippen molar-refractivity contribution in [1.29, 1.82) is 0 Å². The minimum Gasteiger partial charge on any atom is -0.386 e. The van der Waals surface area contributed by atoms with E-state index in [-0.39, 0.29) is 47.2 Å². The minimum absolute atomic E-state index is 0.0755. The Balaban J connectivity index is 0.764. The molecule has 65 heavy (non-hydrogen) atoms. The lowest BCUT2D eigenvalue weighted by Crippen LogP contribution is -2.54. The van der Waals surface area contributed by atoms with Crippen LogP contribution in [0.15, 0.2) is 60.8 Å². The number of piperidine rings is 1. The van der Waals surface area contributed by atoms with Gasteiger partial charge in [-0.25, -0.2) is 4.98 Å². The highest BCUT2D eigenvalue weighted by molar-refractivity contribution is 6.25. The number of carbonyl (C=O) groups is 5. The molecule has 4 N–H and O–H groups in total.